The molecule has 2 aliphatic heterocycles. The summed E-state index contributed by atoms with van der Waals surface area (Å²) in [7, 11) is 0. The van der Waals surface area contributed by atoms with Gasteiger partial charge in [-0.25, -0.2) is 4.98 Å². The van der Waals surface area contributed by atoms with Gasteiger partial charge in [0.15, 0.2) is 0 Å². The molecule has 1 fully saturated rings. The number of aryl methyl sites for hydroxylation is 1. The van der Waals surface area contributed by atoms with Crippen LogP contribution in [0.25, 0.3) is 0 Å². The molecule has 2 N–H and O–H groups in total. The first kappa shape index (κ1) is 19.2. The van der Waals surface area contributed by atoms with Crippen molar-refractivity contribution in [2.45, 2.75) is 65.9 Å². The molecule has 1 aromatic heterocycles. The van der Waals surface area contributed by atoms with Crippen LogP contribution in [-0.2, 0) is 17.6 Å². The van der Waals surface area contributed by atoms with Crippen LogP contribution in [-0.4, -0.2) is 37.3 Å². The van der Waals surface area contributed by atoms with E-state index in [1.807, 2.05) is 13.8 Å². The van der Waals surface area contributed by atoms with Crippen LogP contribution in [0.2, 0.25) is 0 Å². The average molecular weight is 334 g/mol. The minimum Gasteiger partial charge on any atom is -0.376 e. The number of nitrogens with zero attached hydrogens (tertiary/aromatic N) is 1. The van der Waals surface area contributed by atoms with Crippen molar-refractivity contribution < 1.29 is 4.74 Å². The first-order chi connectivity index (χ1) is 11.6. The molecule has 0 spiro atoms. The highest BCUT2D eigenvalue weighted by Gasteiger charge is 2.25. The van der Waals surface area contributed by atoms with E-state index >= 15 is 0 Å². The van der Waals surface area contributed by atoms with Gasteiger partial charge in [0.05, 0.1) is 6.10 Å². The molecule has 2 aliphatic rings. The molecule has 0 aliphatic carbocycles. The van der Waals surface area contributed by atoms with Crippen LogP contribution in [0.5, 0.6) is 0 Å². The predicted octanol–water partition coefficient (Wildman–Crippen LogP) is 3.80. The molecule has 1 aromatic rings. The number of rotatable bonds is 7. The first-order valence-electron chi connectivity index (χ1n) is 9.67. The van der Waals surface area contributed by atoms with E-state index in [0.717, 1.165) is 51.3 Å². The smallest absolute Gasteiger partial charge is 0.129 e. The van der Waals surface area contributed by atoms with Gasteiger partial charge < -0.3 is 15.4 Å². The second kappa shape index (κ2) is 9.38. The topological polar surface area (TPSA) is 46.2 Å². The molecule has 0 aromatic carbocycles. The Balaban J connectivity index is 0.00000100. The van der Waals surface area contributed by atoms with E-state index in [4.69, 9.17) is 9.72 Å². The van der Waals surface area contributed by atoms with Gasteiger partial charge in [-0.1, -0.05) is 40.2 Å². The van der Waals surface area contributed by atoms with Gasteiger partial charge in [-0.15, -0.1) is 0 Å². The van der Waals surface area contributed by atoms with Crippen molar-refractivity contribution >= 4 is 5.82 Å². The van der Waals surface area contributed by atoms with Gasteiger partial charge in [-0.3, -0.25) is 0 Å². The Hall–Kier alpha value is -1.13. The Morgan fingerprint density at radius 3 is 2.67 bits per heavy atom. The third-order valence-electron chi connectivity index (χ3n) is 4.61. The monoisotopic (exact) mass is 333 g/mol. The lowest BCUT2D eigenvalue weighted by Gasteiger charge is -2.31. The number of fused-ring (bicyclic) bond motifs is 1. The van der Waals surface area contributed by atoms with E-state index in [1.165, 1.54) is 24.1 Å². The number of hydrogen-bond acceptors (Lipinski definition) is 4. The Bertz CT molecular complexity index is 498. The molecular weight excluding hydrogens is 298 g/mol. The van der Waals surface area contributed by atoms with Crippen LogP contribution in [0.1, 0.15) is 58.2 Å². The van der Waals surface area contributed by atoms with Crippen LogP contribution in [0.15, 0.2) is 12.1 Å². The molecule has 4 heteroatoms. The lowest BCUT2D eigenvalue weighted by molar-refractivity contribution is 0.0170. The second-order valence-corrected chi connectivity index (χ2v) is 7.47. The quantitative estimate of drug-likeness (QED) is 0.745. The molecule has 3 rings (SSSR count). The molecule has 0 atom stereocenters. The maximum absolute atomic E-state index is 5.74. The molecule has 0 unspecified atom stereocenters. The number of nitrogens with one attached hydrogen (secondary N) is 2. The van der Waals surface area contributed by atoms with Crippen molar-refractivity contribution in [3.8, 4) is 0 Å². The Labute approximate surface area is 147 Å². The third-order valence-corrected chi connectivity index (χ3v) is 4.61. The minimum absolute atomic E-state index is 0.339. The van der Waals surface area contributed by atoms with Gasteiger partial charge in [0, 0.05) is 31.9 Å². The van der Waals surface area contributed by atoms with Gasteiger partial charge in [-0.2, -0.15) is 0 Å². The summed E-state index contributed by atoms with van der Waals surface area (Å²) in [4.78, 5) is 4.80. The highest BCUT2D eigenvalue weighted by Crippen LogP contribution is 2.31. The van der Waals surface area contributed by atoms with Gasteiger partial charge in [0.2, 0.25) is 0 Å². The summed E-state index contributed by atoms with van der Waals surface area (Å²) in [5.74, 6) is 1.11. The van der Waals surface area contributed by atoms with E-state index in [9.17, 15) is 0 Å². The lowest BCUT2D eigenvalue weighted by atomic mass is 9.83. The molecule has 0 radical (unpaired) electrons. The number of ether oxygens (including phenoxy) is 1. The Morgan fingerprint density at radius 2 is 1.96 bits per heavy atom. The molecule has 1 saturated heterocycles. The van der Waals surface area contributed by atoms with Gasteiger partial charge >= 0.3 is 0 Å². The van der Waals surface area contributed by atoms with Crippen molar-refractivity contribution in [3.05, 3.63) is 23.4 Å². The number of anilines is 1. The van der Waals surface area contributed by atoms with Crippen molar-refractivity contribution in [2.75, 3.05) is 31.6 Å². The summed E-state index contributed by atoms with van der Waals surface area (Å²) in [5, 5.41) is 6.72. The van der Waals surface area contributed by atoms with Crippen LogP contribution in [0.4, 0.5) is 5.82 Å². The molecule has 4 nitrogen and oxygen atoms in total. The van der Waals surface area contributed by atoms with Crippen LogP contribution >= 0.6 is 0 Å². The Morgan fingerprint density at radius 1 is 1.17 bits per heavy atom. The van der Waals surface area contributed by atoms with E-state index < -0.39 is 0 Å². The molecule has 24 heavy (non-hydrogen) atoms. The van der Waals surface area contributed by atoms with Crippen molar-refractivity contribution in [1.82, 2.24) is 10.3 Å². The van der Waals surface area contributed by atoms with Gasteiger partial charge in [-0.05, 0) is 42.7 Å². The third kappa shape index (κ3) is 5.75. The molecule has 3 heterocycles. The number of hydrogen-bond donors (Lipinski definition) is 2. The van der Waals surface area contributed by atoms with Crippen LogP contribution in [0, 0.1) is 5.41 Å². The standard InChI is InChI=1S/C18H29N3O.C2H6/c1-18(2)10-14-7-8-15(21-17(14)20-13-18)6-4-3-5-9-22-16-11-19-12-16;1-2/h7-8,16,19H,3-6,9-13H2,1-2H3,(H,20,21);1-2H3. The molecule has 136 valence electrons. The van der Waals surface area contributed by atoms with Crippen molar-refractivity contribution in [3.63, 3.8) is 0 Å². The predicted molar refractivity (Wildman–Crippen MR) is 102 cm³/mol. The SMILES string of the molecule is CC.CC1(C)CNc2nc(CCCCCOC3CNC3)ccc2C1. The largest absolute Gasteiger partial charge is 0.376 e. The maximum atomic E-state index is 5.74. The van der Waals surface area contributed by atoms with Gasteiger partial charge in [0.1, 0.15) is 5.82 Å². The zero-order valence-corrected chi connectivity index (χ0v) is 16.0. The fourth-order valence-electron chi connectivity index (χ4n) is 3.08. The summed E-state index contributed by atoms with van der Waals surface area (Å²) >= 11 is 0. The summed E-state index contributed by atoms with van der Waals surface area (Å²) in [6.07, 6.45) is 6.24. The molecular formula is C20H35N3O. The number of pyridine rings is 1. The fraction of sp³-hybridized carbons (Fsp3) is 0.750. The number of aromatic nitrogens is 1. The Kier molecular flexibility index (Phi) is 7.50. The van der Waals surface area contributed by atoms with Crippen molar-refractivity contribution in [1.29, 1.82) is 0 Å². The summed E-state index contributed by atoms with van der Waals surface area (Å²) in [6.45, 7) is 12.6. The zero-order chi connectivity index (χ0) is 17.4. The molecule has 0 amide bonds. The lowest BCUT2D eigenvalue weighted by Crippen LogP contribution is -2.48. The molecule has 0 saturated carbocycles. The fourth-order valence-corrected chi connectivity index (χ4v) is 3.08. The van der Waals surface area contributed by atoms with Crippen molar-refractivity contribution in [2.24, 2.45) is 5.41 Å². The van der Waals surface area contributed by atoms with Crippen LogP contribution < -0.4 is 10.6 Å². The van der Waals surface area contributed by atoms with Gasteiger partial charge in [0.25, 0.3) is 0 Å². The summed E-state index contributed by atoms with van der Waals surface area (Å²) in [6, 6.07) is 4.47. The second-order valence-electron chi connectivity index (χ2n) is 7.47. The highest BCUT2D eigenvalue weighted by atomic mass is 16.5. The number of unbranched alkanes of at least 4 members (excludes halogenated alkanes) is 2. The van der Waals surface area contributed by atoms with E-state index in [2.05, 4.69) is 36.6 Å². The summed E-state index contributed by atoms with van der Waals surface area (Å²) in [5.41, 5.74) is 2.92. The van der Waals surface area contributed by atoms with E-state index in [-0.39, 0.29) is 0 Å². The van der Waals surface area contributed by atoms with E-state index in [0.29, 0.717) is 11.5 Å². The van der Waals surface area contributed by atoms with Crippen LogP contribution in [0.3, 0.4) is 0 Å². The highest BCUT2D eigenvalue weighted by molar-refractivity contribution is 5.48. The normalized spacial score (nSPS) is 18.7. The maximum Gasteiger partial charge on any atom is 0.129 e. The summed E-state index contributed by atoms with van der Waals surface area (Å²) < 4.78 is 5.74. The molecule has 0 bridgehead atoms. The minimum atomic E-state index is 0.339. The average Bonchev–Trinajstić information content (AvgIpc) is 2.53. The van der Waals surface area contributed by atoms with E-state index in [1.54, 1.807) is 0 Å². The zero-order valence-electron chi connectivity index (χ0n) is 16.0. The first-order valence-corrected chi connectivity index (χ1v) is 9.67.